The molecule has 0 aliphatic rings. The summed E-state index contributed by atoms with van der Waals surface area (Å²) < 4.78 is 5.53. The van der Waals surface area contributed by atoms with Crippen molar-refractivity contribution in [3.63, 3.8) is 0 Å². The predicted octanol–water partition coefficient (Wildman–Crippen LogP) is 2.35. The molecule has 0 saturated heterocycles. The van der Waals surface area contributed by atoms with Crippen LogP contribution in [0.1, 0.15) is 5.56 Å². The number of phenolic OH excluding ortho intramolecular Hbond substituents is 2. The summed E-state index contributed by atoms with van der Waals surface area (Å²) in [6, 6.07) is 1.41. The van der Waals surface area contributed by atoms with Crippen LogP contribution < -0.4 is 4.74 Å². The lowest BCUT2D eigenvalue weighted by molar-refractivity contribution is 0.380. The van der Waals surface area contributed by atoms with Crippen LogP contribution in [0.25, 0.3) is 6.08 Å². The molecule has 0 aromatic heterocycles. The minimum atomic E-state index is -0.167. The molecule has 0 amide bonds. The number of halogens is 1. The molecule has 13 heavy (non-hydrogen) atoms. The first-order chi connectivity index (χ1) is 6.11. The number of ether oxygens (including phenoxy) is 1. The lowest BCUT2D eigenvalue weighted by Crippen LogP contribution is -1.91. The van der Waals surface area contributed by atoms with Crippen molar-refractivity contribution < 1.29 is 14.9 Å². The van der Waals surface area contributed by atoms with E-state index in [-0.39, 0.29) is 11.5 Å². The average molecular weight is 292 g/mol. The van der Waals surface area contributed by atoms with Gasteiger partial charge in [-0.25, -0.2) is 0 Å². The van der Waals surface area contributed by atoms with Gasteiger partial charge < -0.3 is 14.9 Å². The van der Waals surface area contributed by atoms with E-state index < -0.39 is 0 Å². The summed E-state index contributed by atoms with van der Waals surface area (Å²) in [5, 5.41) is 18.6. The number of hydrogen-bond donors (Lipinski definition) is 2. The molecule has 0 bridgehead atoms. The van der Waals surface area contributed by atoms with Gasteiger partial charge in [-0.2, -0.15) is 0 Å². The molecule has 1 aromatic rings. The summed E-state index contributed by atoms with van der Waals surface area (Å²) in [5.41, 5.74) is 0.655. The van der Waals surface area contributed by atoms with E-state index in [0.29, 0.717) is 14.9 Å². The second kappa shape index (κ2) is 3.87. The Bertz CT molecular complexity index is 347. The molecule has 3 nitrogen and oxygen atoms in total. The molecule has 0 fully saturated rings. The second-order valence-electron chi connectivity index (χ2n) is 2.38. The summed E-state index contributed by atoms with van der Waals surface area (Å²) in [7, 11) is 1.50. The summed E-state index contributed by atoms with van der Waals surface area (Å²) in [5.74, 6) is 0.189. The second-order valence-corrected chi connectivity index (χ2v) is 3.46. The van der Waals surface area contributed by atoms with Crippen molar-refractivity contribution in [1.29, 1.82) is 0 Å². The molecule has 70 valence electrons. The van der Waals surface area contributed by atoms with Gasteiger partial charge in [-0.3, -0.25) is 0 Å². The number of benzene rings is 1. The highest BCUT2D eigenvalue weighted by Crippen LogP contribution is 2.39. The van der Waals surface area contributed by atoms with Crippen LogP contribution in [0.2, 0.25) is 0 Å². The van der Waals surface area contributed by atoms with Crippen LogP contribution in [0.15, 0.2) is 12.6 Å². The van der Waals surface area contributed by atoms with Crippen molar-refractivity contribution in [3.8, 4) is 17.2 Å². The third-order valence-corrected chi connectivity index (χ3v) is 2.63. The highest BCUT2D eigenvalue weighted by molar-refractivity contribution is 14.1. The Labute approximate surface area is 89.8 Å². The lowest BCUT2D eigenvalue weighted by atomic mass is 10.2. The van der Waals surface area contributed by atoms with E-state index >= 15 is 0 Å². The van der Waals surface area contributed by atoms with Crippen molar-refractivity contribution in [2.24, 2.45) is 0 Å². The van der Waals surface area contributed by atoms with Crippen LogP contribution in [-0.4, -0.2) is 17.3 Å². The molecule has 0 heterocycles. The van der Waals surface area contributed by atoms with Gasteiger partial charge >= 0.3 is 0 Å². The highest BCUT2D eigenvalue weighted by atomic mass is 127. The molecular formula is C9H9IO3. The molecule has 0 aliphatic heterocycles. The molecular weight excluding hydrogens is 283 g/mol. The van der Waals surface area contributed by atoms with Crippen molar-refractivity contribution >= 4 is 28.7 Å². The van der Waals surface area contributed by atoms with Gasteiger partial charge in [-0.15, -0.1) is 0 Å². The monoisotopic (exact) mass is 292 g/mol. The molecule has 0 atom stereocenters. The first-order valence-corrected chi connectivity index (χ1v) is 4.60. The van der Waals surface area contributed by atoms with Crippen LogP contribution >= 0.6 is 22.6 Å². The third-order valence-electron chi connectivity index (χ3n) is 1.63. The van der Waals surface area contributed by atoms with E-state index in [0.717, 1.165) is 0 Å². The van der Waals surface area contributed by atoms with Crippen LogP contribution in [-0.2, 0) is 0 Å². The number of aromatic hydroxyl groups is 2. The predicted molar refractivity (Wildman–Crippen MR) is 59.1 cm³/mol. The van der Waals surface area contributed by atoms with E-state index in [1.165, 1.54) is 13.2 Å². The Morgan fingerprint density at radius 3 is 2.62 bits per heavy atom. The summed E-state index contributed by atoms with van der Waals surface area (Å²) in [6.07, 6.45) is 1.56. The van der Waals surface area contributed by atoms with Gasteiger partial charge in [0.05, 0.1) is 7.11 Å². The van der Waals surface area contributed by atoms with E-state index in [2.05, 4.69) is 6.58 Å². The number of phenols is 2. The van der Waals surface area contributed by atoms with Crippen LogP contribution in [0.5, 0.6) is 17.2 Å². The zero-order chi connectivity index (χ0) is 10.0. The quantitative estimate of drug-likeness (QED) is 0.650. The molecule has 2 N–H and O–H groups in total. The molecule has 0 saturated carbocycles. The van der Waals surface area contributed by atoms with Gasteiger partial charge in [0, 0.05) is 5.56 Å². The molecule has 1 rings (SSSR count). The maximum atomic E-state index is 9.37. The van der Waals surface area contributed by atoms with Gasteiger partial charge in [-0.1, -0.05) is 12.7 Å². The number of methoxy groups -OCH3 is 1. The van der Waals surface area contributed by atoms with Crippen LogP contribution in [0.3, 0.4) is 0 Å². The maximum absolute atomic E-state index is 9.37. The van der Waals surface area contributed by atoms with Crippen molar-refractivity contribution in [1.82, 2.24) is 0 Å². The molecule has 4 heteroatoms. The van der Waals surface area contributed by atoms with E-state index in [4.69, 9.17) is 4.74 Å². The Morgan fingerprint density at radius 1 is 1.54 bits per heavy atom. The van der Waals surface area contributed by atoms with Crippen LogP contribution in [0, 0.1) is 3.57 Å². The van der Waals surface area contributed by atoms with Gasteiger partial charge in [0.1, 0.15) is 9.32 Å². The minimum Gasteiger partial charge on any atom is -0.504 e. The highest BCUT2D eigenvalue weighted by Gasteiger charge is 2.13. The molecule has 0 unspecified atom stereocenters. The topological polar surface area (TPSA) is 49.7 Å². The maximum Gasteiger partial charge on any atom is 0.174 e. The first kappa shape index (κ1) is 10.2. The standard InChI is InChI=1S/C9H9IO3/c1-3-5-4-6(11)8(12)7(10)9(5)13-2/h3-4,11-12H,1H2,2H3. The van der Waals surface area contributed by atoms with Crippen molar-refractivity contribution in [2.75, 3.05) is 7.11 Å². The van der Waals surface area contributed by atoms with Crippen molar-refractivity contribution in [3.05, 3.63) is 21.8 Å². The normalized spacial score (nSPS) is 9.69. The summed E-state index contributed by atoms with van der Waals surface area (Å²) in [4.78, 5) is 0. The first-order valence-electron chi connectivity index (χ1n) is 3.52. The fourth-order valence-electron chi connectivity index (χ4n) is 0.987. The zero-order valence-electron chi connectivity index (χ0n) is 7.04. The van der Waals surface area contributed by atoms with Gasteiger partial charge in [-0.05, 0) is 28.7 Å². The Balaban J connectivity index is 3.47. The molecule has 0 radical (unpaired) electrons. The zero-order valence-corrected chi connectivity index (χ0v) is 9.20. The molecule has 0 spiro atoms. The van der Waals surface area contributed by atoms with Gasteiger partial charge in [0.2, 0.25) is 0 Å². The number of hydrogen-bond acceptors (Lipinski definition) is 3. The largest absolute Gasteiger partial charge is 0.504 e. The Hall–Kier alpha value is -0.910. The Morgan fingerprint density at radius 2 is 2.15 bits per heavy atom. The molecule has 1 aromatic carbocycles. The SMILES string of the molecule is C=Cc1cc(O)c(O)c(I)c1OC. The Kier molecular flexibility index (Phi) is 3.02. The van der Waals surface area contributed by atoms with Crippen molar-refractivity contribution in [2.45, 2.75) is 0 Å². The number of rotatable bonds is 2. The fraction of sp³-hybridized carbons (Fsp3) is 0.111. The fourth-order valence-corrected chi connectivity index (χ4v) is 1.79. The summed E-state index contributed by atoms with van der Waals surface area (Å²) >= 11 is 1.90. The smallest absolute Gasteiger partial charge is 0.174 e. The average Bonchev–Trinajstić information content (AvgIpc) is 2.13. The lowest BCUT2D eigenvalue weighted by Gasteiger charge is -2.09. The summed E-state index contributed by atoms with van der Waals surface area (Å²) in [6.45, 7) is 3.58. The van der Waals surface area contributed by atoms with Crippen LogP contribution in [0.4, 0.5) is 0 Å². The van der Waals surface area contributed by atoms with Gasteiger partial charge in [0.25, 0.3) is 0 Å². The van der Waals surface area contributed by atoms with E-state index in [9.17, 15) is 10.2 Å². The van der Waals surface area contributed by atoms with E-state index in [1.54, 1.807) is 6.08 Å². The van der Waals surface area contributed by atoms with Gasteiger partial charge in [0.15, 0.2) is 11.5 Å². The van der Waals surface area contributed by atoms with E-state index in [1.807, 2.05) is 22.6 Å². The molecule has 0 aliphatic carbocycles. The third kappa shape index (κ3) is 1.72. The minimum absolute atomic E-state index is 0.164.